The first-order valence-electron chi connectivity index (χ1n) is 7.25. The second-order valence-electron chi connectivity index (χ2n) is 5.19. The van der Waals surface area contributed by atoms with Gasteiger partial charge in [-0.05, 0) is 19.3 Å². The highest BCUT2D eigenvalue weighted by molar-refractivity contribution is 7.11. The fourth-order valence-electron chi connectivity index (χ4n) is 2.50. The predicted molar refractivity (Wildman–Crippen MR) is 84.6 cm³/mol. The lowest BCUT2D eigenvalue weighted by atomic mass is 10.3. The molecule has 2 aromatic rings. The van der Waals surface area contributed by atoms with Crippen molar-refractivity contribution in [3.8, 4) is 5.88 Å². The smallest absolute Gasteiger partial charge is 0.319 e. The summed E-state index contributed by atoms with van der Waals surface area (Å²) in [7, 11) is 3.29. The molecule has 0 unspecified atom stereocenters. The first-order valence-corrected chi connectivity index (χ1v) is 8.07. The Kier molecular flexibility index (Phi) is 4.28. The molecule has 22 heavy (non-hydrogen) atoms. The Labute approximate surface area is 132 Å². The number of aryl methyl sites for hydroxylation is 3. The fraction of sp³-hybridized carbons (Fsp3) is 0.500. The van der Waals surface area contributed by atoms with Crippen LogP contribution in [0, 0.1) is 0 Å². The minimum absolute atomic E-state index is 0.268. The Balaban J connectivity index is 1.47. The molecular formula is C14H19N5O2S. The van der Waals surface area contributed by atoms with Crippen LogP contribution in [0.4, 0.5) is 10.5 Å². The van der Waals surface area contributed by atoms with Crippen molar-refractivity contribution in [2.45, 2.75) is 25.7 Å². The molecule has 0 aliphatic heterocycles. The number of fused-ring (bicyclic) bond motifs is 1. The number of rotatable bonds is 5. The molecule has 0 atom stereocenters. The molecule has 7 nitrogen and oxygen atoms in total. The van der Waals surface area contributed by atoms with Gasteiger partial charge < -0.3 is 15.4 Å². The third-order valence-electron chi connectivity index (χ3n) is 3.50. The maximum Gasteiger partial charge on any atom is 0.319 e. The lowest BCUT2D eigenvalue weighted by Crippen LogP contribution is -2.30. The summed E-state index contributed by atoms with van der Waals surface area (Å²) in [6.45, 7) is 0.556. The number of urea groups is 1. The lowest BCUT2D eigenvalue weighted by molar-refractivity contribution is 0.252. The third kappa shape index (κ3) is 3.22. The molecule has 0 saturated carbocycles. The largest absolute Gasteiger partial charge is 0.478 e. The van der Waals surface area contributed by atoms with Crippen LogP contribution in [0.15, 0.2) is 6.20 Å². The Morgan fingerprint density at radius 1 is 1.50 bits per heavy atom. The van der Waals surface area contributed by atoms with Crippen LogP contribution in [-0.2, 0) is 26.3 Å². The molecule has 0 saturated heterocycles. The number of carbonyl (C=O) groups excluding carboxylic acids is 1. The van der Waals surface area contributed by atoms with E-state index in [4.69, 9.17) is 4.74 Å². The first-order chi connectivity index (χ1) is 10.7. The zero-order chi connectivity index (χ0) is 15.5. The van der Waals surface area contributed by atoms with Gasteiger partial charge in [0.15, 0.2) is 0 Å². The van der Waals surface area contributed by atoms with Crippen molar-refractivity contribution >= 4 is 23.1 Å². The van der Waals surface area contributed by atoms with Crippen LogP contribution >= 0.6 is 11.3 Å². The van der Waals surface area contributed by atoms with E-state index in [1.807, 2.05) is 0 Å². The van der Waals surface area contributed by atoms with E-state index in [0.717, 1.165) is 24.3 Å². The van der Waals surface area contributed by atoms with Crippen molar-refractivity contribution in [3.05, 3.63) is 21.8 Å². The topological polar surface area (TPSA) is 81.1 Å². The second-order valence-corrected chi connectivity index (χ2v) is 6.36. The van der Waals surface area contributed by atoms with E-state index in [9.17, 15) is 4.79 Å². The number of nitrogens with one attached hydrogen (secondary N) is 2. The summed E-state index contributed by atoms with van der Waals surface area (Å²) in [6.07, 6.45) is 5.93. The normalized spacial score (nSPS) is 13.0. The molecule has 3 rings (SSSR count). The van der Waals surface area contributed by atoms with Crippen molar-refractivity contribution < 1.29 is 9.53 Å². The second kappa shape index (κ2) is 6.35. The Hall–Kier alpha value is -2.09. The van der Waals surface area contributed by atoms with E-state index in [2.05, 4.69) is 20.7 Å². The molecule has 2 aromatic heterocycles. The maximum atomic E-state index is 11.9. The molecule has 2 amide bonds. The molecule has 0 spiro atoms. The SMILES string of the molecule is COc1nn(C)cc1NC(=O)NCCc1nc2c(s1)CCC2. The van der Waals surface area contributed by atoms with Gasteiger partial charge in [0.1, 0.15) is 5.69 Å². The van der Waals surface area contributed by atoms with Crippen LogP contribution in [0.3, 0.4) is 0 Å². The number of aromatic nitrogens is 3. The fourth-order valence-corrected chi connectivity index (χ4v) is 3.66. The summed E-state index contributed by atoms with van der Waals surface area (Å²) in [4.78, 5) is 17.9. The van der Waals surface area contributed by atoms with Gasteiger partial charge in [-0.25, -0.2) is 9.78 Å². The van der Waals surface area contributed by atoms with Gasteiger partial charge in [0.2, 0.25) is 0 Å². The number of ether oxygens (including phenoxy) is 1. The van der Waals surface area contributed by atoms with E-state index in [1.54, 1.807) is 29.3 Å². The van der Waals surface area contributed by atoms with Crippen LogP contribution < -0.4 is 15.4 Å². The van der Waals surface area contributed by atoms with Crippen molar-refractivity contribution in [2.75, 3.05) is 19.0 Å². The summed E-state index contributed by atoms with van der Waals surface area (Å²) in [5, 5.41) is 10.7. The summed E-state index contributed by atoms with van der Waals surface area (Å²) in [5.41, 5.74) is 1.81. The summed E-state index contributed by atoms with van der Waals surface area (Å²) in [5.74, 6) is 0.397. The number of thiazole rings is 1. The number of hydrogen-bond acceptors (Lipinski definition) is 5. The standard InChI is InChI=1S/C14H19N5O2S/c1-19-8-10(13(18-19)21-2)17-14(20)15-7-6-12-16-9-4-3-5-11(9)22-12/h8H,3-7H2,1-2H3,(H2,15,17,20). The van der Waals surface area contributed by atoms with E-state index < -0.39 is 0 Å². The molecule has 0 bridgehead atoms. The molecule has 0 aromatic carbocycles. The average Bonchev–Trinajstić information content (AvgIpc) is 3.13. The van der Waals surface area contributed by atoms with Crippen LogP contribution in [0.5, 0.6) is 5.88 Å². The first kappa shape index (κ1) is 14.8. The number of amides is 2. The van der Waals surface area contributed by atoms with Gasteiger partial charge in [-0.2, -0.15) is 0 Å². The van der Waals surface area contributed by atoms with Crippen LogP contribution in [0.2, 0.25) is 0 Å². The van der Waals surface area contributed by atoms with Gasteiger partial charge in [0.25, 0.3) is 5.88 Å². The minimum atomic E-state index is -0.268. The molecule has 118 valence electrons. The minimum Gasteiger partial charge on any atom is -0.478 e. The molecule has 1 aliphatic carbocycles. The van der Waals surface area contributed by atoms with Crippen molar-refractivity contribution in [3.63, 3.8) is 0 Å². The highest BCUT2D eigenvalue weighted by atomic mass is 32.1. The van der Waals surface area contributed by atoms with Gasteiger partial charge in [0, 0.05) is 24.9 Å². The number of anilines is 1. The Morgan fingerprint density at radius 3 is 3.14 bits per heavy atom. The molecule has 8 heteroatoms. The van der Waals surface area contributed by atoms with Crippen molar-refractivity contribution in [1.82, 2.24) is 20.1 Å². The molecule has 0 radical (unpaired) electrons. The van der Waals surface area contributed by atoms with E-state index in [-0.39, 0.29) is 6.03 Å². The zero-order valence-electron chi connectivity index (χ0n) is 12.7. The zero-order valence-corrected chi connectivity index (χ0v) is 13.5. The third-order valence-corrected chi connectivity index (χ3v) is 4.72. The van der Waals surface area contributed by atoms with Crippen LogP contribution in [-0.4, -0.2) is 34.5 Å². The van der Waals surface area contributed by atoms with E-state index in [0.29, 0.717) is 18.1 Å². The average molecular weight is 321 g/mol. The Bertz CT molecular complexity index is 657. The van der Waals surface area contributed by atoms with Gasteiger partial charge in [-0.15, -0.1) is 16.4 Å². The van der Waals surface area contributed by atoms with Crippen LogP contribution in [0.25, 0.3) is 0 Å². The number of carbonyl (C=O) groups is 1. The monoisotopic (exact) mass is 321 g/mol. The maximum absolute atomic E-state index is 11.9. The summed E-state index contributed by atoms with van der Waals surface area (Å²) < 4.78 is 6.68. The quantitative estimate of drug-likeness (QED) is 0.879. The number of nitrogens with zero attached hydrogens (tertiary/aromatic N) is 3. The van der Waals surface area contributed by atoms with Gasteiger partial charge in [0.05, 0.1) is 24.0 Å². The van der Waals surface area contributed by atoms with Gasteiger partial charge in [-0.1, -0.05) is 0 Å². The van der Waals surface area contributed by atoms with E-state index >= 15 is 0 Å². The molecule has 2 N–H and O–H groups in total. The van der Waals surface area contributed by atoms with Gasteiger partial charge in [-0.3, -0.25) is 4.68 Å². The number of methoxy groups -OCH3 is 1. The molecule has 0 fully saturated rings. The molecular weight excluding hydrogens is 302 g/mol. The van der Waals surface area contributed by atoms with Crippen LogP contribution in [0.1, 0.15) is 22.0 Å². The summed E-state index contributed by atoms with van der Waals surface area (Å²) in [6, 6.07) is -0.268. The van der Waals surface area contributed by atoms with E-state index in [1.165, 1.54) is 24.1 Å². The van der Waals surface area contributed by atoms with Crippen molar-refractivity contribution in [2.24, 2.45) is 7.05 Å². The van der Waals surface area contributed by atoms with Gasteiger partial charge >= 0.3 is 6.03 Å². The molecule has 2 heterocycles. The highest BCUT2D eigenvalue weighted by Crippen LogP contribution is 2.27. The number of hydrogen-bond donors (Lipinski definition) is 2. The Morgan fingerprint density at radius 2 is 2.36 bits per heavy atom. The van der Waals surface area contributed by atoms with Crippen molar-refractivity contribution in [1.29, 1.82) is 0 Å². The predicted octanol–water partition coefficient (Wildman–Crippen LogP) is 1.74. The highest BCUT2D eigenvalue weighted by Gasteiger charge is 2.16. The summed E-state index contributed by atoms with van der Waals surface area (Å²) >= 11 is 1.77. The molecule has 1 aliphatic rings. The lowest BCUT2D eigenvalue weighted by Gasteiger charge is -2.06.